The van der Waals surface area contributed by atoms with Crippen molar-refractivity contribution in [3.63, 3.8) is 0 Å². The first-order chi connectivity index (χ1) is 15.0. The highest BCUT2D eigenvalue weighted by molar-refractivity contribution is 7.71. The van der Waals surface area contributed by atoms with Crippen LogP contribution in [-0.4, -0.2) is 56.2 Å². The van der Waals surface area contributed by atoms with Gasteiger partial charge in [-0.1, -0.05) is 30.5 Å². The number of hydrogen-bond acceptors (Lipinski definition) is 4. The second-order valence-corrected chi connectivity index (χ2v) is 9.31. The number of rotatable bonds is 7. The van der Waals surface area contributed by atoms with Crippen molar-refractivity contribution in [1.29, 1.82) is 0 Å². The van der Waals surface area contributed by atoms with Crippen LogP contribution >= 0.6 is 23.8 Å². The van der Waals surface area contributed by atoms with Crippen LogP contribution < -0.4 is 0 Å². The van der Waals surface area contributed by atoms with Crippen LogP contribution in [0.25, 0.3) is 11.4 Å². The van der Waals surface area contributed by atoms with Crippen LogP contribution in [0.15, 0.2) is 36.9 Å². The number of carbonyl (C=O) groups excluding carboxylic acids is 1. The van der Waals surface area contributed by atoms with Crippen LogP contribution in [0.5, 0.6) is 0 Å². The van der Waals surface area contributed by atoms with Gasteiger partial charge in [-0.05, 0) is 55.2 Å². The highest BCUT2D eigenvalue weighted by Gasteiger charge is 2.25. The van der Waals surface area contributed by atoms with Crippen LogP contribution in [0.4, 0.5) is 0 Å². The monoisotopic (exact) mass is 459 g/mol. The summed E-state index contributed by atoms with van der Waals surface area (Å²) < 4.78 is 4.54. The number of carbonyl (C=O) groups is 1. The first-order valence-electron chi connectivity index (χ1n) is 11.1. The number of halogens is 1. The van der Waals surface area contributed by atoms with Gasteiger partial charge >= 0.3 is 0 Å². The van der Waals surface area contributed by atoms with Gasteiger partial charge in [0, 0.05) is 49.7 Å². The summed E-state index contributed by atoms with van der Waals surface area (Å²) in [5.74, 6) is 1.74. The van der Waals surface area contributed by atoms with Gasteiger partial charge in [-0.15, -0.1) is 6.58 Å². The molecule has 0 unspecified atom stereocenters. The zero-order valence-electron chi connectivity index (χ0n) is 17.9. The maximum absolute atomic E-state index is 12.6. The molecule has 4 rings (SSSR count). The smallest absolute Gasteiger partial charge is 0.222 e. The van der Waals surface area contributed by atoms with Crippen LogP contribution in [0.2, 0.25) is 5.02 Å². The normalized spacial score (nSPS) is 17.9. The molecule has 8 heteroatoms. The minimum absolute atomic E-state index is 0.323. The Morgan fingerprint density at radius 2 is 1.84 bits per heavy atom. The predicted molar refractivity (Wildman–Crippen MR) is 126 cm³/mol. The van der Waals surface area contributed by atoms with Gasteiger partial charge in [-0.2, -0.15) is 5.10 Å². The van der Waals surface area contributed by atoms with Crippen LogP contribution in [-0.2, 0) is 18.0 Å². The Kier molecular flexibility index (Phi) is 7.25. The molecule has 6 nitrogen and oxygen atoms in total. The van der Waals surface area contributed by atoms with Crippen molar-refractivity contribution >= 4 is 29.7 Å². The van der Waals surface area contributed by atoms with Gasteiger partial charge in [0.25, 0.3) is 0 Å². The topological polar surface area (TPSA) is 46.3 Å². The second-order valence-electron chi connectivity index (χ2n) is 8.51. The highest BCUT2D eigenvalue weighted by Crippen LogP contribution is 2.28. The second kappa shape index (κ2) is 10.1. The van der Waals surface area contributed by atoms with Crippen molar-refractivity contribution < 1.29 is 4.79 Å². The number of nitrogens with zero attached hydrogens (tertiary/aromatic N) is 5. The van der Waals surface area contributed by atoms with Gasteiger partial charge in [-0.25, -0.2) is 4.68 Å². The molecule has 1 saturated carbocycles. The Morgan fingerprint density at radius 3 is 2.48 bits per heavy atom. The molecule has 1 aliphatic heterocycles. The summed E-state index contributed by atoms with van der Waals surface area (Å²) in [6.45, 7) is 8.30. The van der Waals surface area contributed by atoms with Crippen molar-refractivity contribution in [3.05, 3.63) is 46.7 Å². The molecular weight excluding hydrogens is 430 g/mol. The number of hydrogen-bond donors (Lipinski definition) is 0. The standard InChI is InChI=1S/C23H30ClN5OS/c1-2-11-28-22(19-7-9-20(24)10-8-19)25-29(23(28)31)17-26-12-14-27(15-13-26)21(30)16-18-5-3-4-6-18/h2,7-10,18H,1,3-6,11-17H2. The zero-order chi connectivity index (χ0) is 21.8. The number of benzene rings is 1. The molecule has 2 aliphatic rings. The minimum atomic E-state index is 0.323. The molecule has 2 heterocycles. The fourth-order valence-electron chi connectivity index (χ4n) is 4.56. The van der Waals surface area contributed by atoms with Crippen LogP contribution in [0, 0.1) is 10.7 Å². The molecule has 166 valence electrons. The van der Waals surface area contributed by atoms with E-state index >= 15 is 0 Å². The fourth-order valence-corrected chi connectivity index (χ4v) is 4.94. The molecule has 1 aromatic carbocycles. The molecule has 0 spiro atoms. The molecule has 1 aliphatic carbocycles. The van der Waals surface area contributed by atoms with E-state index < -0.39 is 0 Å². The summed E-state index contributed by atoms with van der Waals surface area (Å²) in [6.07, 6.45) is 7.55. The van der Waals surface area contributed by atoms with Gasteiger partial charge in [0.05, 0.1) is 6.67 Å². The third kappa shape index (κ3) is 5.27. The quantitative estimate of drug-likeness (QED) is 0.448. The first-order valence-corrected chi connectivity index (χ1v) is 11.9. The van der Waals surface area contributed by atoms with E-state index in [2.05, 4.69) is 11.5 Å². The van der Waals surface area contributed by atoms with E-state index in [0.29, 0.717) is 34.8 Å². The Labute approximate surface area is 194 Å². The summed E-state index contributed by atoms with van der Waals surface area (Å²) in [6, 6.07) is 7.63. The first kappa shape index (κ1) is 22.2. The van der Waals surface area contributed by atoms with E-state index in [-0.39, 0.29) is 0 Å². The number of piperazine rings is 1. The predicted octanol–water partition coefficient (Wildman–Crippen LogP) is 4.60. The lowest BCUT2D eigenvalue weighted by atomic mass is 10.0. The van der Waals surface area contributed by atoms with E-state index in [4.69, 9.17) is 28.9 Å². The molecule has 0 radical (unpaired) electrons. The van der Waals surface area contributed by atoms with E-state index in [0.717, 1.165) is 44.0 Å². The van der Waals surface area contributed by atoms with Gasteiger partial charge in [-0.3, -0.25) is 14.3 Å². The van der Waals surface area contributed by atoms with Crippen molar-refractivity contribution in [2.75, 3.05) is 26.2 Å². The van der Waals surface area contributed by atoms with Crippen molar-refractivity contribution in [2.45, 2.75) is 45.3 Å². The van der Waals surface area contributed by atoms with E-state index in [1.807, 2.05) is 44.5 Å². The van der Waals surface area contributed by atoms with E-state index in [1.165, 1.54) is 25.7 Å². The van der Waals surface area contributed by atoms with Crippen LogP contribution in [0.1, 0.15) is 32.1 Å². The van der Waals surface area contributed by atoms with Crippen molar-refractivity contribution in [1.82, 2.24) is 24.1 Å². The molecule has 0 atom stereocenters. The Morgan fingerprint density at radius 1 is 1.16 bits per heavy atom. The molecule has 2 fully saturated rings. The minimum Gasteiger partial charge on any atom is -0.340 e. The average Bonchev–Trinajstić information content (AvgIpc) is 3.39. The zero-order valence-corrected chi connectivity index (χ0v) is 19.5. The molecule has 31 heavy (non-hydrogen) atoms. The van der Waals surface area contributed by atoms with Crippen LogP contribution in [0.3, 0.4) is 0 Å². The Balaban J connectivity index is 1.41. The lowest BCUT2D eigenvalue weighted by molar-refractivity contribution is -0.134. The van der Waals surface area contributed by atoms with Crippen molar-refractivity contribution in [3.8, 4) is 11.4 Å². The third-order valence-electron chi connectivity index (χ3n) is 6.33. The van der Waals surface area contributed by atoms with Crippen molar-refractivity contribution in [2.24, 2.45) is 5.92 Å². The van der Waals surface area contributed by atoms with Gasteiger partial charge in [0.15, 0.2) is 10.6 Å². The molecule has 0 N–H and O–H groups in total. The molecule has 1 amide bonds. The molecule has 1 saturated heterocycles. The maximum atomic E-state index is 12.6. The fraction of sp³-hybridized carbons (Fsp3) is 0.522. The SMILES string of the molecule is C=CCn1c(-c2ccc(Cl)cc2)nn(CN2CCN(C(=O)CC3CCCC3)CC2)c1=S. The number of amides is 1. The molecule has 1 aromatic heterocycles. The van der Waals surface area contributed by atoms with Gasteiger partial charge in [0.1, 0.15) is 0 Å². The maximum Gasteiger partial charge on any atom is 0.222 e. The molecular formula is C23H30ClN5OS. The Hall–Kier alpha value is -1.96. The number of allylic oxidation sites excluding steroid dienone is 1. The van der Waals surface area contributed by atoms with E-state index in [1.54, 1.807) is 0 Å². The van der Waals surface area contributed by atoms with Gasteiger partial charge < -0.3 is 4.90 Å². The highest BCUT2D eigenvalue weighted by atomic mass is 35.5. The largest absolute Gasteiger partial charge is 0.340 e. The lowest BCUT2D eigenvalue weighted by Gasteiger charge is -2.35. The summed E-state index contributed by atoms with van der Waals surface area (Å²) in [4.78, 5) is 17.0. The molecule has 2 aromatic rings. The summed E-state index contributed by atoms with van der Waals surface area (Å²) in [7, 11) is 0. The number of aromatic nitrogens is 3. The summed E-state index contributed by atoms with van der Waals surface area (Å²) in [5.41, 5.74) is 0.971. The average molecular weight is 460 g/mol. The Bertz CT molecular complexity index is 969. The molecule has 0 bridgehead atoms. The van der Waals surface area contributed by atoms with Gasteiger partial charge in [0.2, 0.25) is 5.91 Å². The summed E-state index contributed by atoms with van der Waals surface area (Å²) >= 11 is 11.8. The van der Waals surface area contributed by atoms with E-state index in [9.17, 15) is 4.79 Å². The third-order valence-corrected chi connectivity index (χ3v) is 7.02. The lowest BCUT2D eigenvalue weighted by Crippen LogP contribution is -2.49. The summed E-state index contributed by atoms with van der Waals surface area (Å²) in [5, 5.41) is 5.50.